The van der Waals surface area contributed by atoms with E-state index in [0.29, 0.717) is 18.0 Å². The Balaban J connectivity index is 1.99. The Labute approximate surface area is 139 Å². The third kappa shape index (κ3) is 3.06. The molecule has 0 amide bonds. The molecule has 0 saturated heterocycles. The molecule has 1 aromatic heterocycles. The summed E-state index contributed by atoms with van der Waals surface area (Å²) in [7, 11) is 3.26. The highest BCUT2D eigenvalue weighted by Crippen LogP contribution is 2.35. The van der Waals surface area contributed by atoms with Crippen molar-refractivity contribution in [2.24, 2.45) is 5.73 Å². The van der Waals surface area contributed by atoms with Crippen molar-refractivity contribution < 1.29 is 9.47 Å². The second-order valence-corrected chi connectivity index (χ2v) is 5.83. The Morgan fingerprint density at radius 3 is 2.57 bits per heavy atom. The molecule has 0 aliphatic rings. The van der Waals surface area contributed by atoms with Crippen molar-refractivity contribution in [3.63, 3.8) is 0 Å². The van der Waals surface area contributed by atoms with Crippen LogP contribution in [0.15, 0.2) is 47.8 Å². The number of benzene rings is 2. The molecular weight excluding hydrogens is 308 g/mol. The molecule has 0 saturated carbocycles. The van der Waals surface area contributed by atoms with Crippen LogP contribution in [0.4, 0.5) is 0 Å². The lowest BCUT2D eigenvalue weighted by atomic mass is 10.1. The average molecular weight is 326 g/mol. The summed E-state index contributed by atoms with van der Waals surface area (Å²) in [6.45, 7) is 0.501. The molecule has 5 heteroatoms. The van der Waals surface area contributed by atoms with Gasteiger partial charge >= 0.3 is 0 Å². The molecule has 23 heavy (non-hydrogen) atoms. The number of hydrogen-bond acceptors (Lipinski definition) is 5. The Morgan fingerprint density at radius 2 is 1.83 bits per heavy atom. The van der Waals surface area contributed by atoms with Crippen molar-refractivity contribution in [2.75, 3.05) is 14.2 Å². The van der Waals surface area contributed by atoms with Gasteiger partial charge in [-0.05, 0) is 23.8 Å². The summed E-state index contributed by atoms with van der Waals surface area (Å²) in [5.41, 5.74) is 9.92. The zero-order valence-corrected chi connectivity index (χ0v) is 13.9. The molecule has 2 aromatic carbocycles. The third-order valence-corrected chi connectivity index (χ3v) is 4.53. The summed E-state index contributed by atoms with van der Waals surface area (Å²) >= 11 is 1.61. The van der Waals surface area contributed by atoms with Gasteiger partial charge in [-0.3, -0.25) is 0 Å². The zero-order chi connectivity index (χ0) is 16.2. The number of methoxy groups -OCH3 is 2. The van der Waals surface area contributed by atoms with Crippen molar-refractivity contribution >= 4 is 11.3 Å². The Morgan fingerprint density at radius 1 is 1.04 bits per heavy atom. The van der Waals surface area contributed by atoms with Crippen molar-refractivity contribution in [1.29, 1.82) is 0 Å². The van der Waals surface area contributed by atoms with Crippen LogP contribution in [0.1, 0.15) is 5.56 Å². The second kappa shape index (κ2) is 6.81. The molecule has 3 aromatic rings. The largest absolute Gasteiger partial charge is 0.493 e. The highest BCUT2D eigenvalue weighted by atomic mass is 32.1. The second-order valence-electron chi connectivity index (χ2n) is 4.97. The van der Waals surface area contributed by atoms with Gasteiger partial charge < -0.3 is 15.2 Å². The highest BCUT2D eigenvalue weighted by Gasteiger charge is 2.12. The lowest BCUT2D eigenvalue weighted by Gasteiger charge is -2.08. The van der Waals surface area contributed by atoms with E-state index in [-0.39, 0.29) is 0 Å². The molecule has 0 unspecified atom stereocenters. The number of rotatable bonds is 5. The average Bonchev–Trinajstić information content (AvgIpc) is 3.11. The van der Waals surface area contributed by atoms with Crippen LogP contribution < -0.4 is 15.2 Å². The molecule has 118 valence electrons. The number of nitrogens with two attached hydrogens (primary N) is 1. The quantitative estimate of drug-likeness (QED) is 0.771. The normalized spacial score (nSPS) is 10.6. The number of ether oxygens (including phenoxy) is 2. The van der Waals surface area contributed by atoms with E-state index in [0.717, 1.165) is 27.4 Å². The maximum Gasteiger partial charge on any atom is 0.161 e. The van der Waals surface area contributed by atoms with Crippen LogP contribution in [0.3, 0.4) is 0 Å². The van der Waals surface area contributed by atoms with E-state index in [1.54, 1.807) is 25.6 Å². The standard InChI is InChI=1S/C18H18N2O2S/c1-21-16-8-7-12(9-17(16)22-2)15-11-23-18(20-15)14-6-4-3-5-13(14)10-19/h3-9,11H,10,19H2,1-2H3. The van der Waals surface area contributed by atoms with Gasteiger partial charge in [0.25, 0.3) is 0 Å². The van der Waals surface area contributed by atoms with Crippen molar-refractivity contribution in [2.45, 2.75) is 6.54 Å². The molecule has 0 bridgehead atoms. The molecule has 0 aliphatic heterocycles. The van der Waals surface area contributed by atoms with Crippen LogP contribution >= 0.6 is 11.3 Å². The SMILES string of the molecule is COc1ccc(-c2csc(-c3ccccc3CN)n2)cc1OC. The molecule has 0 fully saturated rings. The summed E-state index contributed by atoms with van der Waals surface area (Å²) in [5, 5.41) is 3.01. The van der Waals surface area contributed by atoms with Crippen LogP contribution in [0.25, 0.3) is 21.8 Å². The molecule has 0 aliphatic carbocycles. The van der Waals surface area contributed by atoms with Crippen molar-refractivity contribution in [3.05, 3.63) is 53.4 Å². The Kier molecular flexibility index (Phi) is 4.60. The predicted molar refractivity (Wildman–Crippen MR) is 94.0 cm³/mol. The molecule has 3 rings (SSSR count). The van der Waals surface area contributed by atoms with Gasteiger partial charge in [-0.1, -0.05) is 24.3 Å². The lowest BCUT2D eigenvalue weighted by molar-refractivity contribution is 0.355. The third-order valence-electron chi connectivity index (χ3n) is 3.65. The fourth-order valence-electron chi connectivity index (χ4n) is 2.43. The van der Waals surface area contributed by atoms with Gasteiger partial charge in [-0.2, -0.15) is 0 Å². The Hall–Kier alpha value is -2.37. The number of aromatic nitrogens is 1. The minimum atomic E-state index is 0.501. The van der Waals surface area contributed by atoms with Gasteiger partial charge in [0, 0.05) is 23.1 Å². The molecule has 0 spiro atoms. The van der Waals surface area contributed by atoms with E-state index >= 15 is 0 Å². The van der Waals surface area contributed by atoms with E-state index in [1.165, 1.54) is 0 Å². The first kappa shape index (κ1) is 15.5. The number of nitrogens with zero attached hydrogens (tertiary/aromatic N) is 1. The fourth-order valence-corrected chi connectivity index (χ4v) is 3.32. The first-order valence-electron chi connectivity index (χ1n) is 7.23. The predicted octanol–water partition coefficient (Wildman–Crippen LogP) is 3.95. The zero-order valence-electron chi connectivity index (χ0n) is 13.1. The van der Waals surface area contributed by atoms with Gasteiger partial charge in [-0.25, -0.2) is 4.98 Å². The minimum absolute atomic E-state index is 0.501. The van der Waals surface area contributed by atoms with Crippen molar-refractivity contribution in [1.82, 2.24) is 4.98 Å². The lowest BCUT2D eigenvalue weighted by Crippen LogP contribution is -1.98. The fraction of sp³-hybridized carbons (Fsp3) is 0.167. The smallest absolute Gasteiger partial charge is 0.161 e. The summed E-state index contributed by atoms with van der Waals surface area (Å²) in [6.07, 6.45) is 0. The minimum Gasteiger partial charge on any atom is -0.493 e. The number of hydrogen-bond donors (Lipinski definition) is 1. The summed E-state index contributed by atoms with van der Waals surface area (Å²) in [5.74, 6) is 1.40. The van der Waals surface area contributed by atoms with E-state index in [1.807, 2.05) is 41.8 Å². The maximum absolute atomic E-state index is 5.82. The number of thiazole rings is 1. The van der Waals surface area contributed by atoms with Crippen LogP contribution in [0.5, 0.6) is 11.5 Å². The first-order valence-corrected chi connectivity index (χ1v) is 8.11. The molecule has 0 atom stereocenters. The van der Waals surface area contributed by atoms with E-state index < -0.39 is 0 Å². The van der Waals surface area contributed by atoms with Gasteiger partial charge in [0.2, 0.25) is 0 Å². The summed E-state index contributed by atoms with van der Waals surface area (Å²) in [6, 6.07) is 13.9. The van der Waals surface area contributed by atoms with E-state index in [4.69, 9.17) is 20.2 Å². The van der Waals surface area contributed by atoms with Crippen LogP contribution in [-0.4, -0.2) is 19.2 Å². The molecule has 0 radical (unpaired) electrons. The summed E-state index contributed by atoms with van der Waals surface area (Å²) < 4.78 is 10.6. The molecule has 1 heterocycles. The van der Waals surface area contributed by atoms with E-state index in [2.05, 4.69) is 6.07 Å². The topological polar surface area (TPSA) is 57.4 Å². The van der Waals surface area contributed by atoms with Crippen LogP contribution in [-0.2, 0) is 6.54 Å². The molecular formula is C18H18N2O2S. The Bertz CT molecular complexity index is 814. The highest BCUT2D eigenvalue weighted by molar-refractivity contribution is 7.13. The van der Waals surface area contributed by atoms with Crippen molar-refractivity contribution in [3.8, 4) is 33.3 Å². The monoisotopic (exact) mass is 326 g/mol. The van der Waals surface area contributed by atoms with Gasteiger partial charge in [0.05, 0.1) is 19.9 Å². The molecule has 2 N–H and O–H groups in total. The van der Waals surface area contributed by atoms with Gasteiger partial charge in [-0.15, -0.1) is 11.3 Å². The van der Waals surface area contributed by atoms with Gasteiger partial charge in [0.15, 0.2) is 11.5 Å². The van der Waals surface area contributed by atoms with Gasteiger partial charge in [0.1, 0.15) is 5.01 Å². The van der Waals surface area contributed by atoms with Crippen LogP contribution in [0, 0.1) is 0 Å². The first-order chi connectivity index (χ1) is 11.3. The summed E-state index contributed by atoms with van der Waals surface area (Å²) in [4.78, 5) is 4.76. The maximum atomic E-state index is 5.82. The molecule has 4 nitrogen and oxygen atoms in total. The van der Waals surface area contributed by atoms with E-state index in [9.17, 15) is 0 Å². The van der Waals surface area contributed by atoms with Crippen LogP contribution in [0.2, 0.25) is 0 Å².